The minimum atomic E-state index is -1.27. The Bertz CT molecular complexity index is 723. The number of carbonyl (C=O) groups is 4. The SMILES string of the molecule is CC(=O)OCC1OC(c2nn[nH]n2)C(OC(C)=O)C(OC(C)=O)C1OC(C)=O. The van der Waals surface area contributed by atoms with E-state index in [-0.39, 0.29) is 12.4 Å². The smallest absolute Gasteiger partial charge is 0.303 e. The van der Waals surface area contributed by atoms with Gasteiger partial charge in [0, 0.05) is 27.7 Å². The summed E-state index contributed by atoms with van der Waals surface area (Å²) in [4.78, 5) is 46.1. The van der Waals surface area contributed by atoms with Crippen LogP contribution < -0.4 is 0 Å². The van der Waals surface area contributed by atoms with Crippen molar-refractivity contribution in [2.45, 2.75) is 58.2 Å². The van der Waals surface area contributed by atoms with Gasteiger partial charge < -0.3 is 23.7 Å². The summed E-state index contributed by atoms with van der Waals surface area (Å²) in [5.74, 6) is -2.75. The third-order valence-electron chi connectivity index (χ3n) is 3.61. The van der Waals surface area contributed by atoms with E-state index in [4.69, 9.17) is 23.7 Å². The number of hydrogen-bond acceptors (Lipinski definition) is 12. The Hall–Kier alpha value is -3.09. The average Bonchev–Trinajstić information content (AvgIpc) is 3.09. The molecule has 1 aromatic heterocycles. The van der Waals surface area contributed by atoms with Crippen LogP contribution in [0.1, 0.15) is 39.6 Å². The minimum absolute atomic E-state index is 0.00231. The molecule has 0 aromatic carbocycles. The molecule has 154 valence electrons. The normalized spacial score (nSPS) is 26.8. The molecular weight excluding hydrogens is 380 g/mol. The number of aromatic amines is 1. The fourth-order valence-corrected chi connectivity index (χ4v) is 2.73. The number of H-pyrrole nitrogens is 1. The van der Waals surface area contributed by atoms with Crippen molar-refractivity contribution >= 4 is 23.9 Å². The zero-order chi connectivity index (χ0) is 20.8. The summed E-state index contributed by atoms with van der Waals surface area (Å²) >= 11 is 0. The van der Waals surface area contributed by atoms with E-state index >= 15 is 0 Å². The second-order valence-corrected chi connectivity index (χ2v) is 5.89. The number of nitrogens with one attached hydrogen (secondary N) is 1. The topological polar surface area (TPSA) is 169 Å². The van der Waals surface area contributed by atoms with Gasteiger partial charge in [0.2, 0.25) is 5.82 Å². The lowest BCUT2D eigenvalue weighted by molar-refractivity contribution is -0.255. The number of ether oxygens (including phenoxy) is 5. The molecule has 28 heavy (non-hydrogen) atoms. The van der Waals surface area contributed by atoms with Crippen LogP contribution in [0, 0.1) is 0 Å². The first-order valence-electron chi connectivity index (χ1n) is 8.22. The third-order valence-corrected chi connectivity index (χ3v) is 3.61. The molecular formula is C15H20N4O9. The molecule has 0 amide bonds. The van der Waals surface area contributed by atoms with Crippen LogP contribution in [-0.4, -0.2) is 75.5 Å². The van der Waals surface area contributed by atoms with Gasteiger partial charge in [0.15, 0.2) is 24.4 Å². The number of nitrogens with zero attached hydrogens (tertiary/aromatic N) is 3. The molecule has 2 heterocycles. The predicted molar refractivity (Wildman–Crippen MR) is 85.1 cm³/mol. The van der Waals surface area contributed by atoms with Gasteiger partial charge in [-0.15, -0.1) is 10.2 Å². The van der Waals surface area contributed by atoms with E-state index in [2.05, 4.69) is 20.6 Å². The van der Waals surface area contributed by atoms with Crippen molar-refractivity contribution in [3.8, 4) is 0 Å². The zero-order valence-electron chi connectivity index (χ0n) is 15.6. The average molecular weight is 400 g/mol. The first kappa shape index (κ1) is 21.2. The second kappa shape index (κ2) is 9.21. The number of aromatic nitrogens is 4. The molecule has 0 radical (unpaired) electrons. The van der Waals surface area contributed by atoms with Gasteiger partial charge >= 0.3 is 23.9 Å². The lowest BCUT2D eigenvalue weighted by Crippen LogP contribution is -2.59. The second-order valence-electron chi connectivity index (χ2n) is 5.89. The van der Waals surface area contributed by atoms with E-state index in [0.29, 0.717) is 0 Å². The Labute approximate surface area is 159 Å². The molecule has 13 nitrogen and oxygen atoms in total. The first-order valence-corrected chi connectivity index (χ1v) is 8.22. The summed E-state index contributed by atoms with van der Waals surface area (Å²) in [6.07, 6.45) is -5.96. The van der Waals surface area contributed by atoms with Crippen LogP contribution in [-0.2, 0) is 42.9 Å². The van der Waals surface area contributed by atoms with E-state index < -0.39 is 54.4 Å². The molecule has 13 heteroatoms. The molecule has 0 aliphatic carbocycles. The Morgan fingerprint density at radius 3 is 1.96 bits per heavy atom. The van der Waals surface area contributed by atoms with Crippen LogP contribution in [0.3, 0.4) is 0 Å². The van der Waals surface area contributed by atoms with Crippen molar-refractivity contribution in [1.29, 1.82) is 0 Å². The van der Waals surface area contributed by atoms with E-state index in [1.165, 1.54) is 6.92 Å². The molecule has 5 unspecified atom stereocenters. The molecule has 5 atom stereocenters. The molecule has 0 bridgehead atoms. The maximum atomic E-state index is 11.7. The van der Waals surface area contributed by atoms with Gasteiger partial charge in [-0.1, -0.05) is 5.21 Å². The Kier molecular flexibility index (Phi) is 6.98. The summed E-state index contributed by atoms with van der Waals surface area (Å²) in [6.45, 7) is 4.27. The Morgan fingerprint density at radius 1 is 0.893 bits per heavy atom. The van der Waals surface area contributed by atoms with Crippen molar-refractivity contribution in [1.82, 2.24) is 20.6 Å². The first-order chi connectivity index (χ1) is 13.2. The van der Waals surface area contributed by atoms with Crippen LogP contribution in [0.2, 0.25) is 0 Å². The van der Waals surface area contributed by atoms with Crippen LogP contribution >= 0.6 is 0 Å². The van der Waals surface area contributed by atoms with Gasteiger partial charge in [-0.25, -0.2) is 0 Å². The summed E-state index contributed by atoms with van der Waals surface area (Å²) in [6, 6.07) is 0. The highest BCUT2D eigenvalue weighted by Gasteiger charge is 2.53. The van der Waals surface area contributed by atoms with E-state index in [1.54, 1.807) is 0 Å². The van der Waals surface area contributed by atoms with E-state index in [9.17, 15) is 19.2 Å². The summed E-state index contributed by atoms with van der Waals surface area (Å²) in [5, 5.41) is 13.3. The van der Waals surface area contributed by atoms with Gasteiger partial charge in [-0.3, -0.25) is 19.2 Å². The van der Waals surface area contributed by atoms with Crippen molar-refractivity contribution in [2.75, 3.05) is 6.61 Å². The molecule has 1 aliphatic rings. The summed E-state index contributed by atoms with van der Waals surface area (Å²) in [5.41, 5.74) is 0. The monoisotopic (exact) mass is 400 g/mol. The Morgan fingerprint density at radius 2 is 1.46 bits per heavy atom. The van der Waals surface area contributed by atoms with E-state index in [1.807, 2.05) is 0 Å². The van der Waals surface area contributed by atoms with Crippen molar-refractivity contribution < 1.29 is 42.9 Å². The molecule has 0 saturated carbocycles. The number of rotatable bonds is 6. The van der Waals surface area contributed by atoms with Gasteiger partial charge in [0.05, 0.1) is 0 Å². The molecule has 2 rings (SSSR count). The lowest BCUT2D eigenvalue weighted by Gasteiger charge is -2.43. The minimum Gasteiger partial charge on any atom is -0.463 e. The van der Waals surface area contributed by atoms with Crippen molar-refractivity contribution in [3.63, 3.8) is 0 Å². The maximum absolute atomic E-state index is 11.7. The summed E-state index contributed by atoms with van der Waals surface area (Å²) < 4.78 is 26.6. The van der Waals surface area contributed by atoms with E-state index in [0.717, 1.165) is 20.8 Å². The zero-order valence-corrected chi connectivity index (χ0v) is 15.6. The van der Waals surface area contributed by atoms with Crippen LogP contribution in [0.15, 0.2) is 0 Å². The van der Waals surface area contributed by atoms with Gasteiger partial charge in [-0.05, 0) is 0 Å². The number of carbonyl (C=O) groups excluding carboxylic acids is 4. The lowest BCUT2D eigenvalue weighted by atomic mass is 9.93. The highest BCUT2D eigenvalue weighted by molar-refractivity contribution is 5.68. The molecule has 1 N–H and O–H groups in total. The number of esters is 4. The summed E-state index contributed by atoms with van der Waals surface area (Å²) in [7, 11) is 0. The maximum Gasteiger partial charge on any atom is 0.303 e. The Balaban J connectivity index is 2.45. The third kappa shape index (κ3) is 5.45. The molecule has 1 aliphatic heterocycles. The van der Waals surface area contributed by atoms with Crippen molar-refractivity contribution in [2.24, 2.45) is 0 Å². The quantitative estimate of drug-likeness (QED) is 0.457. The van der Waals surface area contributed by atoms with Crippen molar-refractivity contribution in [3.05, 3.63) is 5.82 Å². The predicted octanol–water partition coefficient (Wildman–Crippen LogP) is -1.00. The highest BCUT2D eigenvalue weighted by atomic mass is 16.7. The fraction of sp³-hybridized carbons (Fsp3) is 0.667. The number of tetrazole rings is 1. The molecule has 1 fully saturated rings. The van der Waals surface area contributed by atoms with Gasteiger partial charge in [0.25, 0.3) is 0 Å². The fourth-order valence-electron chi connectivity index (χ4n) is 2.73. The largest absolute Gasteiger partial charge is 0.463 e. The molecule has 0 spiro atoms. The van der Waals surface area contributed by atoms with Crippen LogP contribution in [0.5, 0.6) is 0 Å². The molecule has 1 aromatic rings. The van der Waals surface area contributed by atoms with Gasteiger partial charge in [-0.2, -0.15) is 5.21 Å². The van der Waals surface area contributed by atoms with Crippen LogP contribution in [0.25, 0.3) is 0 Å². The van der Waals surface area contributed by atoms with Crippen LogP contribution in [0.4, 0.5) is 0 Å². The van der Waals surface area contributed by atoms with Gasteiger partial charge in [0.1, 0.15) is 12.7 Å². The highest BCUT2D eigenvalue weighted by Crippen LogP contribution is 2.36. The standard InChI is InChI=1S/C15H20N4O9/c1-6(20)24-5-10-11(25-7(2)21)12(26-8(3)22)13(27-9(4)23)14(28-10)15-16-18-19-17-15/h10-14H,5H2,1-4H3,(H,16,17,18,19). The number of hydrogen-bond donors (Lipinski definition) is 1. The molecule has 1 saturated heterocycles.